The second-order valence-corrected chi connectivity index (χ2v) is 16.1. The number of oxime groups is 1. The van der Waals surface area contributed by atoms with Crippen LogP contribution in [0.25, 0.3) is 0 Å². The average molecular weight is 735 g/mol. The summed E-state index contributed by atoms with van der Waals surface area (Å²) in [5, 5.41) is 71.3. The van der Waals surface area contributed by atoms with E-state index in [1.54, 1.807) is 48.5 Å². The maximum atomic E-state index is 14.0. The van der Waals surface area contributed by atoms with Gasteiger partial charge in [-0.2, -0.15) is 0 Å². The summed E-state index contributed by atoms with van der Waals surface area (Å²) in [7, 11) is 5.18. The van der Waals surface area contributed by atoms with E-state index in [0.717, 1.165) is 0 Å². The van der Waals surface area contributed by atoms with Gasteiger partial charge in [0, 0.05) is 37.8 Å². The van der Waals surface area contributed by atoms with E-state index in [1.807, 2.05) is 25.9 Å². The molecule has 3 aliphatic heterocycles. The molecule has 3 fully saturated rings. The molecule has 9 unspecified atom stereocenters. The van der Waals surface area contributed by atoms with Crippen LogP contribution in [-0.4, -0.2) is 153 Å². The van der Waals surface area contributed by atoms with E-state index in [9.17, 15) is 35.5 Å². The van der Waals surface area contributed by atoms with E-state index in [1.165, 1.54) is 14.0 Å². The Morgan fingerprint density at radius 3 is 2.10 bits per heavy atom. The zero-order chi connectivity index (χ0) is 38.8. The summed E-state index contributed by atoms with van der Waals surface area (Å²) in [4.78, 5) is 15.9. The van der Waals surface area contributed by atoms with Gasteiger partial charge in [-0.25, -0.2) is 0 Å². The minimum atomic E-state index is -1.96. The van der Waals surface area contributed by atoms with Gasteiger partial charge in [-0.15, -0.1) is 0 Å². The van der Waals surface area contributed by atoms with Crippen LogP contribution < -0.4 is 0 Å². The molecule has 0 spiro atoms. The number of carbonyl (C=O) groups excluding carboxylic acids is 1. The number of carbonyl (C=O) groups is 1. The summed E-state index contributed by atoms with van der Waals surface area (Å²) < 4.78 is 36.8. The molecular formula is C36H66N2O13. The molecule has 0 aromatic heterocycles. The molecule has 51 heavy (non-hydrogen) atoms. The minimum absolute atomic E-state index is 0.0562. The summed E-state index contributed by atoms with van der Waals surface area (Å²) >= 11 is 0. The number of esters is 1. The molecule has 298 valence electrons. The molecule has 0 bridgehead atoms. The molecule has 3 rings (SSSR count). The first kappa shape index (κ1) is 43.9. The fraction of sp³-hybridized carbons (Fsp3) is 0.944. The van der Waals surface area contributed by atoms with Crippen molar-refractivity contribution in [3.05, 3.63) is 0 Å². The molecule has 3 saturated heterocycles. The van der Waals surface area contributed by atoms with Gasteiger partial charge in [0.2, 0.25) is 0 Å². The fourth-order valence-electron chi connectivity index (χ4n) is 8.02. The monoisotopic (exact) mass is 734 g/mol. The molecule has 0 aromatic rings. The third kappa shape index (κ3) is 9.79. The van der Waals surface area contributed by atoms with Crippen molar-refractivity contribution < 1.29 is 64.0 Å². The fourth-order valence-corrected chi connectivity index (χ4v) is 8.02. The van der Waals surface area contributed by atoms with E-state index >= 15 is 0 Å². The van der Waals surface area contributed by atoms with Crippen molar-refractivity contribution in [1.29, 1.82) is 0 Å². The molecule has 0 amide bonds. The van der Waals surface area contributed by atoms with Crippen molar-refractivity contribution in [3.8, 4) is 0 Å². The highest BCUT2D eigenvalue weighted by molar-refractivity contribution is 5.88. The minimum Gasteiger partial charge on any atom is -0.459 e. The van der Waals surface area contributed by atoms with Crippen LogP contribution in [0, 0.1) is 17.8 Å². The summed E-state index contributed by atoms with van der Waals surface area (Å²) in [5.41, 5.74) is -4.63. The van der Waals surface area contributed by atoms with Gasteiger partial charge in [0.15, 0.2) is 12.6 Å². The summed E-state index contributed by atoms with van der Waals surface area (Å²) in [6.45, 7) is 14.8. The lowest BCUT2D eigenvalue weighted by atomic mass is 9.75. The zero-order valence-electron chi connectivity index (χ0n) is 32.6. The Kier molecular flexibility index (Phi) is 14.9. The first-order valence-corrected chi connectivity index (χ1v) is 18.3. The van der Waals surface area contributed by atoms with Crippen molar-refractivity contribution >= 4 is 11.7 Å². The Morgan fingerprint density at radius 2 is 1.55 bits per heavy atom. The van der Waals surface area contributed by atoms with Crippen LogP contribution in [0.15, 0.2) is 5.16 Å². The van der Waals surface area contributed by atoms with Gasteiger partial charge in [-0.1, -0.05) is 25.9 Å². The average Bonchev–Trinajstić information content (AvgIpc) is 3.05. The Morgan fingerprint density at radius 1 is 0.922 bits per heavy atom. The number of aliphatic hydroxyl groups is 5. The van der Waals surface area contributed by atoms with Gasteiger partial charge in [0.1, 0.15) is 23.9 Å². The lowest BCUT2D eigenvalue weighted by Crippen LogP contribution is -2.59. The normalized spacial score (nSPS) is 49.1. The maximum Gasteiger partial charge on any atom is 0.311 e. The third-order valence-corrected chi connectivity index (χ3v) is 11.6. The lowest BCUT2D eigenvalue weighted by molar-refractivity contribution is -0.307. The quantitative estimate of drug-likeness (QED) is 0.125. The van der Waals surface area contributed by atoms with E-state index in [0.29, 0.717) is 6.42 Å². The van der Waals surface area contributed by atoms with Gasteiger partial charge in [0.05, 0.1) is 53.4 Å². The molecule has 15 heteroatoms. The number of methoxy groups -OCH3 is 1. The van der Waals surface area contributed by atoms with Crippen molar-refractivity contribution in [2.45, 2.75) is 179 Å². The summed E-state index contributed by atoms with van der Waals surface area (Å²) in [6, 6.07) is -0.313. The van der Waals surface area contributed by atoms with E-state index in [4.69, 9.17) is 28.4 Å². The largest absolute Gasteiger partial charge is 0.459 e. The van der Waals surface area contributed by atoms with Crippen LogP contribution in [0.4, 0.5) is 0 Å². The highest BCUT2D eigenvalue weighted by Gasteiger charge is 2.51. The highest BCUT2D eigenvalue weighted by Crippen LogP contribution is 2.39. The van der Waals surface area contributed by atoms with E-state index in [-0.39, 0.29) is 43.5 Å². The number of rotatable bonds is 7. The van der Waals surface area contributed by atoms with Gasteiger partial charge >= 0.3 is 5.97 Å². The molecule has 15 nitrogen and oxygen atoms in total. The smallest absolute Gasteiger partial charge is 0.311 e. The number of hydrogen-bond donors (Lipinski definition) is 6. The Labute approximate surface area is 303 Å². The second kappa shape index (κ2) is 17.3. The third-order valence-electron chi connectivity index (χ3n) is 11.6. The van der Waals surface area contributed by atoms with Crippen molar-refractivity contribution in [3.63, 3.8) is 0 Å². The molecule has 0 saturated carbocycles. The topological polar surface area (TPSA) is 209 Å². The summed E-state index contributed by atoms with van der Waals surface area (Å²) in [5.74, 6) is -3.36. The predicted octanol–water partition coefficient (Wildman–Crippen LogP) is 1.80. The summed E-state index contributed by atoms with van der Waals surface area (Å²) in [6.07, 6.45) is -9.46. The van der Waals surface area contributed by atoms with E-state index in [2.05, 4.69) is 5.16 Å². The molecule has 6 N–H and O–H groups in total. The van der Waals surface area contributed by atoms with Crippen molar-refractivity contribution in [2.75, 3.05) is 21.2 Å². The number of ether oxygens (including phenoxy) is 6. The zero-order valence-corrected chi connectivity index (χ0v) is 32.6. The second-order valence-electron chi connectivity index (χ2n) is 16.1. The maximum absolute atomic E-state index is 14.0. The van der Waals surface area contributed by atoms with Crippen molar-refractivity contribution in [1.82, 2.24) is 4.90 Å². The molecule has 3 heterocycles. The Balaban J connectivity index is 2.15. The highest BCUT2D eigenvalue weighted by atomic mass is 16.7. The first-order chi connectivity index (χ1) is 23.5. The first-order valence-electron chi connectivity index (χ1n) is 18.3. The van der Waals surface area contributed by atoms with Crippen LogP contribution >= 0.6 is 0 Å². The number of hydrogen-bond acceptors (Lipinski definition) is 15. The molecule has 3 aliphatic rings. The van der Waals surface area contributed by atoms with E-state index < -0.39 is 95.8 Å². The number of aliphatic hydroxyl groups excluding tert-OH is 3. The van der Waals surface area contributed by atoms with Crippen LogP contribution in [0.3, 0.4) is 0 Å². The molecule has 0 aliphatic carbocycles. The lowest BCUT2D eigenvalue weighted by Gasteiger charge is -2.47. The van der Waals surface area contributed by atoms with Gasteiger partial charge in [-0.3, -0.25) is 4.79 Å². The van der Waals surface area contributed by atoms with Gasteiger partial charge in [-0.05, 0) is 74.9 Å². The SMILES string of the molecule is CC[C@H]1OC(=O)C(C)[C@@H](OC2CC(C)(OC)C(O)C(C)O2)C[C@@H](OC2OC(C)CC(N(C)C)C2O)[C@](C)(O)C[C@@H](C)/C(=N\O)[C@H](C)[C@@H](O)[C@]1(C)O. The number of cyclic esters (lactones) is 1. The molecule has 0 radical (unpaired) electrons. The number of nitrogens with zero attached hydrogens (tertiary/aromatic N) is 2. The van der Waals surface area contributed by atoms with Crippen LogP contribution in [-0.2, 0) is 33.2 Å². The predicted molar refractivity (Wildman–Crippen MR) is 186 cm³/mol. The van der Waals surface area contributed by atoms with Gasteiger partial charge in [0.25, 0.3) is 0 Å². The van der Waals surface area contributed by atoms with Crippen LogP contribution in [0.2, 0.25) is 0 Å². The van der Waals surface area contributed by atoms with Crippen LogP contribution in [0.5, 0.6) is 0 Å². The molecule has 17 atom stereocenters. The van der Waals surface area contributed by atoms with Gasteiger partial charge < -0.3 is 64.1 Å². The molecular weight excluding hydrogens is 668 g/mol. The Bertz CT molecular complexity index is 1170. The standard InChI is InChI=1S/C36H66N2O13/c1-13-25-36(9,44)30(40)21(5)28(37-45)18(2)16-34(7,43)26(51-33-29(39)23(38(10)11)14-19(3)47-33)15-24(20(4)32(42)50-25)49-27-17-35(8,46-12)31(41)22(6)48-27/h18-27,29-31,33,39-41,43-45H,13-17H2,1-12H3/b37-28+/t18-,19?,20?,21+,22?,23?,24+,25-,26-,27?,29?,30-,31?,33?,34-,35?,36-/m1/s1. The van der Waals surface area contributed by atoms with Crippen LogP contribution in [0.1, 0.15) is 94.4 Å². The number of likely N-dealkylation sites (N-methyl/N-ethyl adjacent to an activating group) is 1. The molecule has 0 aromatic carbocycles. The Hall–Kier alpha value is -1.50. The van der Waals surface area contributed by atoms with Crippen molar-refractivity contribution in [2.24, 2.45) is 22.9 Å².